The Morgan fingerprint density at radius 2 is 2.11 bits per heavy atom. The molecule has 0 saturated carbocycles. The van der Waals surface area contributed by atoms with E-state index in [1.807, 2.05) is 12.1 Å². The van der Waals surface area contributed by atoms with Crippen LogP contribution in [0.15, 0.2) is 18.2 Å². The number of aryl methyl sites for hydroxylation is 1. The summed E-state index contributed by atoms with van der Waals surface area (Å²) in [6.45, 7) is 2.66. The minimum atomic E-state index is 0.526. The maximum atomic E-state index is 6.20. The van der Waals surface area contributed by atoms with Gasteiger partial charge in [-0.25, -0.2) is 4.98 Å². The summed E-state index contributed by atoms with van der Waals surface area (Å²) in [4.78, 5) is 5.78. The Kier molecular flexibility index (Phi) is 4.62. The molecular weight excluding hydrogens is 287 g/mol. The molecule has 2 nitrogen and oxygen atoms in total. The minimum Gasteiger partial charge on any atom is -0.326 e. The largest absolute Gasteiger partial charge is 0.326 e. The lowest BCUT2D eigenvalue weighted by Gasteiger charge is -2.00. The zero-order chi connectivity index (χ0) is 13.1. The summed E-state index contributed by atoms with van der Waals surface area (Å²) in [5.41, 5.74) is 7.76. The standard InChI is InChI=1S/C13H14Cl2N2S/c1-2-3-11-12(7-16)18-13(17-11)9-5-4-8(14)6-10(9)15/h4-6H,2-3,7,16H2,1H3. The monoisotopic (exact) mass is 300 g/mol. The van der Waals surface area contributed by atoms with E-state index in [9.17, 15) is 0 Å². The molecule has 0 unspecified atom stereocenters. The number of hydrogen-bond donors (Lipinski definition) is 1. The average molecular weight is 301 g/mol. The van der Waals surface area contributed by atoms with Crippen LogP contribution in [0.25, 0.3) is 10.6 Å². The maximum Gasteiger partial charge on any atom is 0.125 e. The highest BCUT2D eigenvalue weighted by molar-refractivity contribution is 7.15. The van der Waals surface area contributed by atoms with Gasteiger partial charge in [-0.1, -0.05) is 36.5 Å². The zero-order valence-corrected chi connectivity index (χ0v) is 12.4. The van der Waals surface area contributed by atoms with Crippen LogP contribution in [0.2, 0.25) is 10.0 Å². The molecule has 0 atom stereocenters. The van der Waals surface area contributed by atoms with Crippen molar-refractivity contribution in [3.8, 4) is 10.6 Å². The van der Waals surface area contributed by atoms with Crippen LogP contribution in [0.4, 0.5) is 0 Å². The van der Waals surface area contributed by atoms with Gasteiger partial charge in [0.2, 0.25) is 0 Å². The lowest BCUT2D eigenvalue weighted by atomic mass is 10.2. The van der Waals surface area contributed by atoms with Gasteiger partial charge in [0.1, 0.15) is 5.01 Å². The normalized spacial score (nSPS) is 10.9. The van der Waals surface area contributed by atoms with Gasteiger partial charge in [0.25, 0.3) is 0 Å². The molecule has 18 heavy (non-hydrogen) atoms. The zero-order valence-electron chi connectivity index (χ0n) is 10.0. The molecule has 0 spiro atoms. The second-order valence-corrected chi connectivity index (χ2v) is 5.89. The topological polar surface area (TPSA) is 38.9 Å². The lowest BCUT2D eigenvalue weighted by Crippen LogP contribution is -1.97. The van der Waals surface area contributed by atoms with Gasteiger partial charge >= 0.3 is 0 Å². The van der Waals surface area contributed by atoms with E-state index in [1.165, 1.54) is 0 Å². The summed E-state index contributed by atoms with van der Waals surface area (Å²) < 4.78 is 0. The Labute approximate surface area is 121 Å². The molecule has 1 heterocycles. The van der Waals surface area contributed by atoms with Crippen LogP contribution in [0, 0.1) is 0 Å². The number of benzene rings is 1. The molecule has 96 valence electrons. The molecule has 2 aromatic rings. The molecule has 0 aliphatic carbocycles. The Bertz CT molecular complexity index is 552. The van der Waals surface area contributed by atoms with Gasteiger partial charge in [-0.15, -0.1) is 11.3 Å². The Hall–Kier alpha value is -0.610. The van der Waals surface area contributed by atoms with Gasteiger partial charge in [-0.05, 0) is 24.6 Å². The predicted octanol–water partition coefficient (Wildman–Crippen LogP) is 4.53. The quantitative estimate of drug-likeness (QED) is 0.901. The number of thiazole rings is 1. The first-order valence-corrected chi connectivity index (χ1v) is 7.37. The van der Waals surface area contributed by atoms with E-state index >= 15 is 0 Å². The van der Waals surface area contributed by atoms with Gasteiger partial charge < -0.3 is 5.73 Å². The third kappa shape index (κ3) is 2.86. The van der Waals surface area contributed by atoms with Gasteiger partial charge in [0, 0.05) is 22.0 Å². The van der Waals surface area contributed by atoms with Crippen LogP contribution in [-0.2, 0) is 13.0 Å². The first-order valence-electron chi connectivity index (χ1n) is 5.79. The molecule has 5 heteroatoms. The SMILES string of the molecule is CCCc1nc(-c2ccc(Cl)cc2Cl)sc1CN. The fourth-order valence-electron chi connectivity index (χ4n) is 1.75. The molecular formula is C13H14Cl2N2S. The fraction of sp³-hybridized carbons (Fsp3) is 0.308. The van der Waals surface area contributed by atoms with Gasteiger partial charge in [0.15, 0.2) is 0 Å². The summed E-state index contributed by atoms with van der Waals surface area (Å²) >= 11 is 13.7. The van der Waals surface area contributed by atoms with E-state index in [1.54, 1.807) is 17.4 Å². The molecule has 1 aromatic carbocycles. The first kappa shape index (κ1) is 13.8. The van der Waals surface area contributed by atoms with E-state index in [0.29, 0.717) is 16.6 Å². The van der Waals surface area contributed by atoms with Crippen molar-refractivity contribution in [2.45, 2.75) is 26.3 Å². The first-order chi connectivity index (χ1) is 8.65. The van der Waals surface area contributed by atoms with Gasteiger partial charge in [-0.2, -0.15) is 0 Å². The molecule has 0 aliphatic heterocycles. The highest BCUT2D eigenvalue weighted by atomic mass is 35.5. The molecule has 0 aliphatic rings. The van der Waals surface area contributed by atoms with Crippen LogP contribution in [0.1, 0.15) is 23.9 Å². The van der Waals surface area contributed by atoms with Crippen molar-refractivity contribution in [2.24, 2.45) is 5.73 Å². The summed E-state index contributed by atoms with van der Waals surface area (Å²) in [6.07, 6.45) is 2.01. The molecule has 0 radical (unpaired) electrons. The van der Waals surface area contributed by atoms with Crippen molar-refractivity contribution < 1.29 is 0 Å². The van der Waals surface area contributed by atoms with Crippen molar-refractivity contribution in [2.75, 3.05) is 0 Å². The average Bonchev–Trinajstić information content (AvgIpc) is 2.72. The van der Waals surface area contributed by atoms with E-state index < -0.39 is 0 Å². The smallest absolute Gasteiger partial charge is 0.125 e. The number of hydrogen-bond acceptors (Lipinski definition) is 3. The van der Waals surface area contributed by atoms with Crippen molar-refractivity contribution in [3.63, 3.8) is 0 Å². The summed E-state index contributed by atoms with van der Waals surface area (Å²) in [6, 6.07) is 5.47. The Morgan fingerprint density at radius 3 is 2.72 bits per heavy atom. The Morgan fingerprint density at radius 1 is 1.33 bits per heavy atom. The van der Waals surface area contributed by atoms with Gasteiger partial charge in [-0.3, -0.25) is 0 Å². The second-order valence-electron chi connectivity index (χ2n) is 3.97. The van der Waals surface area contributed by atoms with Crippen molar-refractivity contribution in [3.05, 3.63) is 38.8 Å². The van der Waals surface area contributed by atoms with Crippen LogP contribution in [-0.4, -0.2) is 4.98 Å². The van der Waals surface area contributed by atoms with Crippen molar-refractivity contribution >= 4 is 34.5 Å². The summed E-state index contributed by atoms with van der Waals surface area (Å²) in [5, 5.41) is 2.18. The fourth-order valence-corrected chi connectivity index (χ4v) is 3.33. The molecule has 2 rings (SSSR count). The lowest BCUT2D eigenvalue weighted by molar-refractivity contribution is 0.872. The van der Waals surface area contributed by atoms with E-state index in [0.717, 1.165) is 34.0 Å². The second kappa shape index (κ2) is 6.02. The number of nitrogens with two attached hydrogens (primary N) is 1. The molecule has 2 N–H and O–H groups in total. The van der Waals surface area contributed by atoms with E-state index in [2.05, 4.69) is 11.9 Å². The highest BCUT2D eigenvalue weighted by Gasteiger charge is 2.13. The van der Waals surface area contributed by atoms with E-state index in [-0.39, 0.29) is 0 Å². The maximum absolute atomic E-state index is 6.20. The van der Waals surface area contributed by atoms with Crippen LogP contribution >= 0.6 is 34.5 Å². The third-order valence-electron chi connectivity index (χ3n) is 2.61. The summed E-state index contributed by atoms with van der Waals surface area (Å²) in [5.74, 6) is 0. The van der Waals surface area contributed by atoms with Crippen molar-refractivity contribution in [1.82, 2.24) is 4.98 Å². The Balaban J connectivity index is 2.44. The minimum absolute atomic E-state index is 0.526. The van der Waals surface area contributed by atoms with Crippen molar-refractivity contribution in [1.29, 1.82) is 0 Å². The molecule has 0 bridgehead atoms. The van der Waals surface area contributed by atoms with Crippen LogP contribution in [0.5, 0.6) is 0 Å². The van der Waals surface area contributed by atoms with Crippen LogP contribution in [0.3, 0.4) is 0 Å². The highest BCUT2D eigenvalue weighted by Crippen LogP contribution is 2.34. The summed E-state index contributed by atoms with van der Waals surface area (Å²) in [7, 11) is 0. The van der Waals surface area contributed by atoms with Gasteiger partial charge in [0.05, 0.1) is 10.7 Å². The third-order valence-corrected chi connectivity index (χ3v) is 4.31. The number of halogens is 2. The molecule has 0 fully saturated rings. The molecule has 0 amide bonds. The number of rotatable bonds is 4. The van der Waals surface area contributed by atoms with E-state index in [4.69, 9.17) is 28.9 Å². The molecule has 0 saturated heterocycles. The molecule has 1 aromatic heterocycles. The predicted molar refractivity (Wildman–Crippen MR) is 79.5 cm³/mol. The number of aromatic nitrogens is 1. The number of nitrogens with zero attached hydrogens (tertiary/aromatic N) is 1. The van der Waals surface area contributed by atoms with Crippen LogP contribution < -0.4 is 5.73 Å².